The molecule has 0 saturated heterocycles. The van der Waals surface area contributed by atoms with Crippen molar-refractivity contribution in [3.05, 3.63) is 63.5 Å². The Morgan fingerprint density at radius 2 is 2.17 bits per heavy atom. The summed E-state index contributed by atoms with van der Waals surface area (Å²) in [6, 6.07) is 13.0. The molecule has 1 aliphatic heterocycles. The molecule has 118 valence electrons. The lowest BCUT2D eigenvalue weighted by molar-refractivity contribution is 0.323. The predicted molar refractivity (Wildman–Crippen MR) is 96.6 cm³/mol. The van der Waals surface area contributed by atoms with Crippen LogP contribution in [0.15, 0.2) is 42.6 Å². The van der Waals surface area contributed by atoms with E-state index in [1.807, 2.05) is 23.6 Å². The molecule has 0 spiro atoms. The fraction of sp³-hybridized carbons (Fsp3) is 0.316. The van der Waals surface area contributed by atoms with Crippen molar-refractivity contribution in [1.82, 2.24) is 15.2 Å². The summed E-state index contributed by atoms with van der Waals surface area (Å²) in [5.41, 5.74) is 3.93. The minimum atomic E-state index is 0.948. The van der Waals surface area contributed by atoms with E-state index in [0.717, 1.165) is 31.7 Å². The molecule has 0 fully saturated rings. The molecule has 23 heavy (non-hydrogen) atoms. The van der Waals surface area contributed by atoms with E-state index in [0.29, 0.717) is 0 Å². The van der Waals surface area contributed by atoms with E-state index in [1.54, 1.807) is 4.88 Å². The zero-order chi connectivity index (χ0) is 15.6. The highest BCUT2D eigenvalue weighted by atomic mass is 32.1. The molecule has 0 saturated carbocycles. The number of hydrogen-bond donors (Lipinski definition) is 1. The molecule has 4 heteroatoms. The Hall–Kier alpha value is -1.75. The fourth-order valence-electron chi connectivity index (χ4n) is 3.31. The van der Waals surface area contributed by atoms with E-state index in [9.17, 15) is 0 Å². The van der Waals surface area contributed by atoms with Gasteiger partial charge < -0.3 is 5.32 Å². The molecule has 3 heterocycles. The molecule has 0 atom stereocenters. The number of nitrogens with one attached hydrogen (secondary N) is 1. The number of rotatable bonds is 4. The molecule has 1 N–H and O–H groups in total. The van der Waals surface area contributed by atoms with Gasteiger partial charge in [0.25, 0.3) is 0 Å². The van der Waals surface area contributed by atoms with E-state index in [-0.39, 0.29) is 0 Å². The van der Waals surface area contributed by atoms with E-state index >= 15 is 0 Å². The SMILES string of the molecule is CN(Cc1cc2c(s1)CCNC2)Cc1cccc2ncccc12. The Labute approximate surface area is 141 Å². The Morgan fingerprint density at radius 3 is 3.09 bits per heavy atom. The Balaban J connectivity index is 1.51. The van der Waals surface area contributed by atoms with Crippen molar-refractivity contribution >= 4 is 22.2 Å². The van der Waals surface area contributed by atoms with Crippen molar-refractivity contribution in [1.29, 1.82) is 0 Å². The third-order valence-electron chi connectivity index (χ3n) is 4.39. The van der Waals surface area contributed by atoms with Crippen molar-refractivity contribution < 1.29 is 0 Å². The molecule has 3 aromatic rings. The average molecular weight is 323 g/mol. The van der Waals surface area contributed by atoms with Gasteiger partial charge in [-0.05, 0) is 42.8 Å². The number of hydrogen-bond acceptors (Lipinski definition) is 4. The van der Waals surface area contributed by atoms with Crippen LogP contribution in [0.3, 0.4) is 0 Å². The minimum Gasteiger partial charge on any atom is -0.312 e. The number of aromatic nitrogens is 1. The first-order valence-corrected chi connectivity index (χ1v) is 8.93. The second-order valence-electron chi connectivity index (χ2n) is 6.25. The van der Waals surface area contributed by atoms with Crippen LogP contribution in [0.1, 0.15) is 20.9 Å². The first-order valence-electron chi connectivity index (χ1n) is 8.12. The lowest BCUT2D eigenvalue weighted by Crippen LogP contribution is -2.21. The number of fused-ring (bicyclic) bond motifs is 2. The number of benzene rings is 1. The summed E-state index contributed by atoms with van der Waals surface area (Å²) < 4.78 is 0. The maximum atomic E-state index is 4.45. The van der Waals surface area contributed by atoms with Gasteiger partial charge in [-0.2, -0.15) is 0 Å². The van der Waals surface area contributed by atoms with Gasteiger partial charge in [0.05, 0.1) is 5.52 Å². The quantitative estimate of drug-likeness (QED) is 0.795. The third-order valence-corrected chi connectivity index (χ3v) is 5.62. The van der Waals surface area contributed by atoms with Gasteiger partial charge in [-0.3, -0.25) is 9.88 Å². The predicted octanol–water partition coefficient (Wildman–Crippen LogP) is 3.57. The van der Waals surface area contributed by atoms with Crippen molar-refractivity contribution in [3.8, 4) is 0 Å². The topological polar surface area (TPSA) is 28.2 Å². The van der Waals surface area contributed by atoms with Crippen LogP contribution in [0.4, 0.5) is 0 Å². The molecule has 3 nitrogen and oxygen atoms in total. The van der Waals surface area contributed by atoms with Crippen LogP contribution in [0, 0.1) is 0 Å². The number of thiophene rings is 1. The summed E-state index contributed by atoms with van der Waals surface area (Å²) >= 11 is 1.98. The summed E-state index contributed by atoms with van der Waals surface area (Å²) in [4.78, 5) is 9.89. The van der Waals surface area contributed by atoms with E-state index < -0.39 is 0 Å². The monoisotopic (exact) mass is 323 g/mol. The molecule has 0 amide bonds. The minimum absolute atomic E-state index is 0.948. The van der Waals surface area contributed by atoms with Gasteiger partial charge in [0.1, 0.15) is 0 Å². The summed E-state index contributed by atoms with van der Waals surface area (Å²) in [5, 5.41) is 4.71. The molecular formula is C19H21N3S. The van der Waals surface area contributed by atoms with Crippen LogP contribution in [0.5, 0.6) is 0 Å². The second kappa shape index (κ2) is 6.40. The van der Waals surface area contributed by atoms with Crippen molar-refractivity contribution in [2.45, 2.75) is 26.1 Å². The summed E-state index contributed by atoms with van der Waals surface area (Å²) in [6.07, 6.45) is 3.04. The molecule has 0 aliphatic carbocycles. The first-order chi connectivity index (χ1) is 11.3. The highest BCUT2D eigenvalue weighted by Crippen LogP contribution is 2.27. The first kappa shape index (κ1) is 14.8. The molecular weight excluding hydrogens is 302 g/mol. The molecule has 1 aromatic carbocycles. The second-order valence-corrected chi connectivity index (χ2v) is 7.47. The Kier molecular flexibility index (Phi) is 4.12. The lowest BCUT2D eigenvalue weighted by Gasteiger charge is -2.17. The molecule has 0 bridgehead atoms. The maximum Gasteiger partial charge on any atom is 0.0705 e. The summed E-state index contributed by atoms with van der Waals surface area (Å²) in [5.74, 6) is 0. The van der Waals surface area contributed by atoms with E-state index in [4.69, 9.17) is 0 Å². The normalized spacial score (nSPS) is 14.3. The van der Waals surface area contributed by atoms with E-state index in [1.165, 1.54) is 27.8 Å². The van der Waals surface area contributed by atoms with Crippen LogP contribution < -0.4 is 5.32 Å². The van der Waals surface area contributed by atoms with Gasteiger partial charge >= 0.3 is 0 Å². The molecule has 1 aliphatic rings. The van der Waals surface area contributed by atoms with Gasteiger partial charge in [-0.1, -0.05) is 18.2 Å². The highest BCUT2D eigenvalue weighted by Gasteiger charge is 2.14. The van der Waals surface area contributed by atoms with Crippen LogP contribution in [-0.2, 0) is 26.1 Å². The van der Waals surface area contributed by atoms with Crippen LogP contribution in [-0.4, -0.2) is 23.5 Å². The maximum absolute atomic E-state index is 4.45. The van der Waals surface area contributed by atoms with Crippen molar-refractivity contribution in [2.75, 3.05) is 13.6 Å². The Morgan fingerprint density at radius 1 is 1.22 bits per heavy atom. The summed E-state index contributed by atoms with van der Waals surface area (Å²) in [7, 11) is 2.20. The van der Waals surface area contributed by atoms with Crippen LogP contribution >= 0.6 is 11.3 Å². The van der Waals surface area contributed by atoms with Crippen LogP contribution in [0.25, 0.3) is 10.9 Å². The Bertz CT molecular complexity index is 796. The smallest absolute Gasteiger partial charge is 0.0705 e. The van der Waals surface area contributed by atoms with Gasteiger partial charge in [0.15, 0.2) is 0 Å². The van der Waals surface area contributed by atoms with Gasteiger partial charge in [-0.15, -0.1) is 11.3 Å². The van der Waals surface area contributed by atoms with Crippen LogP contribution in [0.2, 0.25) is 0 Å². The zero-order valence-electron chi connectivity index (χ0n) is 13.4. The van der Waals surface area contributed by atoms with Crippen molar-refractivity contribution in [2.24, 2.45) is 0 Å². The summed E-state index contributed by atoms with van der Waals surface area (Å²) in [6.45, 7) is 4.11. The van der Waals surface area contributed by atoms with Gasteiger partial charge in [-0.25, -0.2) is 0 Å². The third kappa shape index (κ3) is 3.15. The van der Waals surface area contributed by atoms with Crippen molar-refractivity contribution in [3.63, 3.8) is 0 Å². The zero-order valence-corrected chi connectivity index (χ0v) is 14.2. The lowest BCUT2D eigenvalue weighted by atomic mass is 10.1. The van der Waals surface area contributed by atoms with Gasteiger partial charge in [0, 0.05) is 47.5 Å². The molecule has 4 rings (SSSR count). The number of nitrogens with zero attached hydrogens (tertiary/aromatic N) is 2. The largest absolute Gasteiger partial charge is 0.312 e. The molecule has 2 aromatic heterocycles. The fourth-order valence-corrected chi connectivity index (χ4v) is 4.58. The molecule has 0 radical (unpaired) electrons. The number of pyridine rings is 1. The molecule has 0 unspecified atom stereocenters. The standard InChI is InChI=1S/C19H21N3S/c1-22(13-16-10-15-11-20-9-7-19(15)23-16)12-14-4-2-6-18-17(14)5-3-8-21-18/h2-6,8,10,20H,7,9,11-13H2,1H3. The highest BCUT2D eigenvalue weighted by molar-refractivity contribution is 7.12. The van der Waals surface area contributed by atoms with Gasteiger partial charge in [0.2, 0.25) is 0 Å². The van der Waals surface area contributed by atoms with E-state index in [2.05, 4.69) is 52.6 Å². The average Bonchev–Trinajstić information content (AvgIpc) is 2.97.